The predicted octanol–water partition coefficient (Wildman–Crippen LogP) is 5.87. The number of amides is 2. The van der Waals surface area contributed by atoms with E-state index in [-0.39, 0.29) is 37.9 Å². The Hall–Kier alpha value is -3.55. The number of hydrogen-bond acceptors (Lipinski definition) is 5. The Kier molecular flexibility index (Phi) is 8.36. The van der Waals surface area contributed by atoms with E-state index in [1.807, 2.05) is 0 Å². The Balaban J connectivity index is 1.55. The van der Waals surface area contributed by atoms with Gasteiger partial charge in [0, 0.05) is 23.6 Å². The minimum Gasteiger partial charge on any atom is -0.467 e. The van der Waals surface area contributed by atoms with Gasteiger partial charge in [0.2, 0.25) is 5.91 Å². The van der Waals surface area contributed by atoms with Crippen molar-refractivity contribution in [2.45, 2.75) is 39.3 Å². The van der Waals surface area contributed by atoms with Crippen LogP contribution in [0.5, 0.6) is 0 Å². The van der Waals surface area contributed by atoms with E-state index in [1.165, 1.54) is 0 Å². The molecule has 1 aromatic heterocycles. The van der Waals surface area contributed by atoms with E-state index in [0.717, 1.165) is 11.1 Å². The van der Waals surface area contributed by atoms with Crippen molar-refractivity contribution in [2.75, 3.05) is 6.61 Å². The van der Waals surface area contributed by atoms with E-state index in [9.17, 15) is 14.4 Å². The first kappa shape index (κ1) is 26.5. The molecule has 0 saturated heterocycles. The first-order valence-electron chi connectivity index (χ1n) is 11.8. The van der Waals surface area contributed by atoms with Crippen LogP contribution in [0.2, 0.25) is 10.0 Å². The zero-order valence-corrected chi connectivity index (χ0v) is 21.9. The van der Waals surface area contributed by atoms with Crippen LogP contribution in [-0.2, 0) is 27.4 Å². The number of esters is 1. The third kappa shape index (κ3) is 6.06. The second-order valence-electron chi connectivity index (χ2n) is 8.59. The third-order valence-corrected chi connectivity index (χ3v) is 6.96. The fourth-order valence-electron chi connectivity index (χ4n) is 4.32. The van der Waals surface area contributed by atoms with Gasteiger partial charge in [-0.25, -0.2) is 4.79 Å². The highest BCUT2D eigenvalue weighted by atomic mass is 35.5. The number of halogens is 2. The van der Waals surface area contributed by atoms with E-state index >= 15 is 0 Å². The third-order valence-electron chi connectivity index (χ3n) is 6.22. The molecule has 2 amide bonds. The number of allylic oxidation sites excluding steroid dienone is 1. The van der Waals surface area contributed by atoms with Crippen LogP contribution in [0, 0.1) is 0 Å². The summed E-state index contributed by atoms with van der Waals surface area (Å²) in [5.41, 5.74) is 2.94. The number of carbonyl (C=O) groups is 3. The maximum Gasteiger partial charge on any atom is 0.336 e. The highest BCUT2D eigenvalue weighted by Crippen LogP contribution is 2.39. The largest absolute Gasteiger partial charge is 0.467 e. The summed E-state index contributed by atoms with van der Waals surface area (Å²) in [6, 6.07) is 15.6. The molecule has 0 fully saturated rings. The SMILES string of the molecule is CCOC(=O)C1=C(C)N(Cc2ccc(C(=O)NCc3ccco3)cc2)C(=O)CC1c1ccc(Cl)c(Cl)c1. The maximum absolute atomic E-state index is 13.3. The molecular formula is C28H26Cl2N2O5. The molecule has 9 heteroatoms. The summed E-state index contributed by atoms with van der Waals surface area (Å²) in [6.45, 7) is 4.22. The van der Waals surface area contributed by atoms with E-state index in [1.54, 1.807) is 79.6 Å². The molecule has 2 heterocycles. The Labute approximate surface area is 225 Å². The van der Waals surface area contributed by atoms with Crippen molar-refractivity contribution in [1.82, 2.24) is 10.2 Å². The van der Waals surface area contributed by atoms with Crippen LogP contribution >= 0.6 is 23.2 Å². The molecule has 7 nitrogen and oxygen atoms in total. The number of nitrogens with zero attached hydrogens (tertiary/aromatic N) is 1. The first-order chi connectivity index (χ1) is 17.8. The summed E-state index contributed by atoms with van der Waals surface area (Å²) >= 11 is 12.3. The average Bonchev–Trinajstić information content (AvgIpc) is 3.40. The van der Waals surface area contributed by atoms with Crippen LogP contribution in [0.4, 0.5) is 0 Å². The van der Waals surface area contributed by atoms with E-state index in [4.69, 9.17) is 32.4 Å². The van der Waals surface area contributed by atoms with Crippen molar-refractivity contribution in [3.05, 3.63) is 105 Å². The number of rotatable bonds is 8. The molecular weight excluding hydrogens is 515 g/mol. The van der Waals surface area contributed by atoms with Crippen LogP contribution in [0.25, 0.3) is 0 Å². The van der Waals surface area contributed by atoms with Crippen LogP contribution < -0.4 is 5.32 Å². The van der Waals surface area contributed by atoms with Gasteiger partial charge in [0.05, 0.1) is 41.6 Å². The highest BCUT2D eigenvalue weighted by Gasteiger charge is 2.37. The normalized spacial score (nSPS) is 15.6. The Bertz CT molecular complexity index is 1330. The molecule has 37 heavy (non-hydrogen) atoms. The lowest BCUT2D eigenvalue weighted by atomic mass is 9.83. The maximum atomic E-state index is 13.3. The quantitative estimate of drug-likeness (QED) is 0.361. The smallest absolute Gasteiger partial charge is 0.336 e. The number of furan rings is 1. The van der Waals surface area contributed by atoms with Crippen LogP contribution in [-0.4, -0.2) is 29.3 Å². The van der Waals surface area contributed by atoms with Crippen molar-refractivity contribution in [2.24, 2.45) is 0 Å². The van der Waals surface area contributed by atoms with Gasteiger partial charge >= 0.3 is 5.97 Å². The van der Waals surface area contributed by atoms with Gasteiger partial charge < -0.3 is 19.4 Å². The molecule has 1 unspecified atom stereocenters. The van der Waals surface area contributed by atoms with Gasteiger partial charge in [-0.3, -0.25) is 9.59 Å². The average molecular weight is 541 g/mol. The predicted molar refractivity (Wildman–Crippen MR) is 140 cm³/mol. The Morgan fingerprint density at radius 1 is 1.11 bits per heavy atom. The molecule has 0 spiro atoms. The van der Waals surface area contributed by atoms with Crippen LogP contribution in [0.1, 0.15) is 53.4 Å². The van der Waals surface area contributed by atoms with E-state index in [2.05, 4.69) is 5.32 Å². The van der Waals surface area contributed by atoms with Gasteiger partial charge in [-0.05, 0) is 61.4 Å². The van der Waals surface area contributed by atoms with Gasteiger partial charge in [-0.2, -0.15) is 0 Å². The second-order valence-corrected chi connectivity index (χ2v) is 9.40. The zero-order chi connectivity index (χ0) is 26.5. The molecule has 1 aliphatic rings. The molecule has 192 valence electrons. The number of carbonyl (C=O) groups excluding carboxylic acids is 3. The molecule has 1 aliphatic heterocycles. The Morgan fingerprint density at radius 2 is 1.86 bits per heavy atom. The molecule has 2 aromatic carbocycles. The van der Waals surface area contributed by atoms with Crippen molar-refractivity contribution in [3.8, 4) is 0 Å². The topological polar surface area (TPSA) is 88.8 Å². The Morgan fingerprint density at radius 3 is 2.51 bits per heavy atom. The fraction of sp³-hybridized carbons (Fsp3) is 0.250. The molecule has 0 aliphatic carbocycles. The second kappa shape index (κ2) is 11.7. The summed E-state index contributed by atoms with van der Waals surface area (Å²) < 4.78 is 10.6. The van der Waals surface area contributed by atoms with Gasteiger partial charge in [0.15, 0.2) is 0 Å². The van der Waals surface area contributed by atoms with E-state index < -0.39 is 11.9 Å². The lowest BCUT2D eigenvalue weighted by Crippen LogP contribution is -2.38. The zero-order valence-electron chi connectivity index (χ0n) is 20.4. The van der Waals surface area contributed by atoms with Crippen LogP contribution in [0.15, 0.2) is 76.5 Å². The molecule has 3 aromatic rings. The number of ether oxygens (including phenoxy) is 1. The van der Waals surface area contributed by atoms with Crippen molar-refractivity contribution in [3.63, 3.8) is 0 Å². The molecule has 1 atom stereocenters. The summed E-state index contributed by atoms with van der Waals surface area (Å²) in [5.74, 6) is -0.689. The number of nitrogens with one attached hydrogen (secondary N) is 1. The van der Waals surface area contributed by atoms with E-state index in [0.29, 0.717) is 32.6 Å². The number of hydrogen-bond donors (Lipinski definition) is 1. The van der Waals surface area contributed by atoms with Gasteiger partial charge in [0.1, 0.15) is 5.76 Å². The minimum absolute atomic E-state index is 0.0801. The number of benzene rings is 2. The van der Waals surface area contributed by atoms with Crippen molar-refractivity contribution >= 4 is 41.0 Å². The van der Waals surface area contributed by atoms with Gasteiger partial charge in [0.25, 0.3) is 5.91 Å². The standard InChI is InChI=1S/C28H26Cl2N2O5/c1-3-36-28(35)26-17(2)32(25(33)14-22(26)20-10-11-23(29)24(30)13-20)16-18-6-8-19(9-7-18)27(34)31-15-21-5-4-12-37-21/h4-13,22H,3,14-16H2,1-2H3,(H,31,34). The van der Waals surface area contributed by atoms with Crippen molar-refractivity contribution < 1.29 is 23.5 Å². The van der Waals surface area contributed by atoms with Crippen LogP contribution in [0.3, 0.4) is 0 Å². The van der Waals surface area contributed by atoms with Crippen molar-refractivity contribution in [1.29, 1.82) is 0 Å². The minimum atomic E-state index is -0.502. The lowest BCUT2D eigenvalue weighted by molar-refractivity contribution is -0.140. The molecule has 0 saturated carbocycles. The summed E-state index contributed by atoms with van der Waals surface area (Å²) in [7, 11) is 0. The highest BCUT2D eigenvalue weighted by molar-refractivity contribution is 6.42. The summed E-state index contributed by atoms with van der Waals surface area (Å²) in [5, 5.41) is 3.54. The summed E-state index contributed by atoms with van der Waals surface area (Å²) in [4.78, 5) is 40.3. The van der Waals surface area contributed by atoms with Gasteiger partial charge in [-0.1, -0.05) is 41.4 Å². The fourth-order valence-corrected chi connectivity index (χ4v) is 4.62. The lowest BCUT2D eigenvalue weighted by Gasteiger charge is -2.34. The summed E-state index contributed by atoms with van der Waals surface area (Å²) in [6.07, 6.45) is 1.63. The first-order valence-corrected chi connectivity index (χ1v) is 12.6. The molecule has 0 bridgehead atoms. The molecule has 1 N–H and O–H groups in total. The molecule has 0 radical (unpaired) electrons. The molecule has 4 rings (SSSR count). The van der Waals surface area contributed by atoms with Gasteiger partial charge in [-0.15, -0.1) is 0 Å². The monoisotopic (exact) mass is 540 g/mol.